The Hall–Kier alpha value is -1.74. The quantitative estimate of drug-likeness (QED) is 0.0268. The van der Waals surface area contributed by atoms with Crippen LogP contribution in [0.25, 0.3) is 0 Å². The van der Waals surface area contributed by atoms with E-state index in [-0.39, 0.29) is 52.6 Å². The first kappa shape index (κ1) is 49.3. The van der Waals surface area contributed by atoms with E-state index >= 15 is 0 Å². The molecule has 0 aromatic carbocycles. The summed E-state index contributed by atoms with van der Waals surface area (Å²) >= 11 is 0. The first-order chi connectivity index (χ1) is 24.3. The summed E-state index contributed by atoms with van der Waals surface area (Å²) in [5.74, 6) is -1.53. The van der Waals surface area contributed by atoms with E-state index in [0.29, 0.717) is 39.6 Å². The summed E-state index contributed by atoms with van der Waals surface area (Å²) in [5, 5.41) is 109. The van der Waals surface area contributed by atoms with E-state index in [0.717, 1.165) is 0 Å². The van der Waals surface area contributed by atoms with Crippen LogP contribution in [0.15, 0.2) is 0 Å². The molecular formula is C30H60N2O19. The zero-order chi connectivity index (χ0) is 38.6. The van der Waals surface area contributed by atoms with Crippen molar-refractivity contribution >= 4 is 11.9 Å². The number of carboxylic acid groups (broad SMARTS) is 1. The van der Waals surface area contributed by atoms with Crippen LogP contribution in [0.5, 0.6) is 0 Å². The van der Waals surface area contributed by atoms with Crippen molar-refractivity contribution in [3.8, 4) is 0 Å². The van der Waals surface area contributed by atoms with E-state index < -0.39 is 93.1 Å². The summed E-state index contributed by atoms with van der Waals surface area (Å²) in [6, 6.07) is -0.960. The molecule has 0 aliphatic rings. The maximum absolute atomic E-state index is 11.5. The smallest absolute Gasteiger partial charge is 0.325 e. The molecule has 0 saturated carbocycles. The number of carbonyl (C=O) groups is 2. The summed E-state index contributed by atoms with van der Waals surface area (Å²) in [6.07, 6.45) is -14.3. The van der Waals surface area contributed by atoms with Crippen LogP contribution in [0.2, 0.25) is 0 Å². The lowest BCUT2D eigenvalue weighted by molar-refractivity contribution is -0.141. The molecule has 0 bridgehead atoms. The van der Waals surface area contributed by atoms with E-state index in [2.05, 4.69) is 5.32 Å². The number of nitrogens with one attached hydrogen (secondary N) is 1. The van der Waals surface area contributed by atoms with Gasteiger partial charge in [0.15, 0.2) is 0 Å². The van der Waals surface area contributed by atoms with Crippen molar-refractivity contribution in [3.63, 3.8) is 0 Å². The molecular weight excluding hydrogens is 692 g/mol. The highest BCUT2D eigenvalue weighted by Gasteiger charge is 2.34. The summed E-state index contributed by atoms with van der Waals surface area (Å²) < 4.78 is 32.3. The van der Waals surface area contributed by atoms with Crippen molar-refractivity contribution in [1.29, 1.82) is 0 Å². The Bertz CT molecular complexity index is 834. The molecule has 21 heteroatoms. The minimum atomic E-state index is -1.88. The van der Waals surface area contributed by atoms with Crippen molar-refractivity contribution in [2.75, 3.05) is 112 Å². The number of hydrogen-bond acceptors (Lipinski definition) is 19. The van der Waals surface area contributed by atoms with Crippen molar-refractivity contribution in [2.45, 2.75) is 68.2 Å². The zero-order valence-corrected chi connectivity index (χ0v) is 29.1. The van der Waals surface area contributed by atoms with Gasteiger partial charge in [-0.15, -0.1) is 0 Å². The first-order valence-electron chi connectivity index (χ1n) is 16.6. The summed E-state index contributed by atoms with van der Waals surface area (Å²) in [6.45, 7) is 1.86. The maximum atomic E-state index is 11.5. The predicted molar refractivity (Wildman–Crippen MR) is 173 cm³/mol. The molecule has 0 aromatic rings. The van der Waals surface area contributed by atoms with Crippen molar-refractivity contribution in [3.05, 3.63) is 0 Å². The molecule has 12 N–H and O–H groups in total. The van der Waals surface area contributed by atoms with Crippen molar-refractivity contribution in [1.82, 2.24) is 10.2 Å². The molecule has 51 heavy (non-hydrogen) atoms. The number of nitrogens with zero attached hydrogens (tertiary/aromatic N) is 1. The second-order valence-electron chi connectivity index (χ2n) is 11.4. The number of carboxylic acids is 1. The van der Waals surface area contributed by atoms with Crippen LogP contribution in [0.4, 0.5) is 0 Å². The Morgan fingerprint density at radius 1 is 0.529 bits per heavy atom. The average Bonchev–Trinajstić information content (AvgIpc) is 3.11. The van der Waals surface area contributed by atoms with Gasteiger partial charge in [-0.25, -0.2) is 0 Å². The number of rotatable bonds is 35. The molecule has 0 saturated heterocycles. The third-order valence-electron chi connectivity index (χ3n) is 7.17. The molecule has 0 aliphatic heterocycles. The number of aliphatic hydroxyl groups is 10. The Labute approximate surface area is 296 Å². The standard InChI is InChI=1S/C30H60N2O19/c1-20(30(44)45)31-25(39)2-4-46-6-8-48-10-12-50-14-15-51-13-11-49-9-7-47-5-3-32(16-21(35)26(40)28(42)23(37)18-33)17-22(36)27(41)29(43)24(38)19-34/h20-24,26-29,33-38,40-43H,2-19H2,1H3,(H,31,39)(H,44,45)/t20?,21-,22-,23+,24+,26+,27+,28+,29+/m0/s1. The fraction of sp³-hybridized carbons (Fsp3) is 0.933. The number of aliphatic hydroxyl groups excluding tert-OH is 10. The van der Waals surface area contributed by atoms with Gasteiger partial charge in [-0.1, -0.05) is 0 Å². The summed E-state index contributed by atoms with van der Waals surface area (Å²) in [7, 11) is 0. The van der Waals surface area contributed by atoms with Crippen LogP contribution in [0.1, 0.15) is 13.3 Å². The molecule has 0 aliphatic carbocycles. The molecule has 0 heterocycles. The summed E-state index contributed by atoms with van der Waals surface area (Å²) in [4.78, 5) is 23.5. The molecule has 21 nitrogen and oxygen atoms in total. The molecule has 0 aromatic heterocycles. The van der Waals surface area contributed by atoms with Crippen LogP contribution < -0.4 is 5.32 Å². The molecule has 0 radical (unpaired) electrons. The fourth-order valence-corrected chi connectivity index (χ4v) is 4.06. The molecule has 304 valence electrons. The lowest BCUT2D eigenvalue weighted by atomic mass is 10.0. The molecule has 0 fully saturated rings. The number of hydrogen-bond donors (Lipinski definition) is 12. The van der Waals surface area contributed by atoms with Gasteiger partial charge in [-0.2, -0.15) is 0 Å². The number of amides is 1. The molecule has 0 spiro atoms. The highest BCUT2D eigenvalue weighted by molar-refractivity contribution is 5.83. The Morgan fingerprint density at radius 2 is 0.843 bits per heavy atom. The van der Waals surface area contributed by atoms with Crippen LogP contribution in [-0.4, -0.2) is 240 Å². The average molecular weight is 753 g/mol. The molecule has 9 atom stereocenters. The van der Waals surface area contributed by atoms with E-state index in [9.17, 15) is 50.4 Å². The Morgan fingerprint density at radius 3 is 1.18 bits per heavy atom. The Kier molecular flexibility index (Phi) is 29.6. The third-order valence-corrected chi connectivity index (χ3v) is 7.17. The highest BCUT2D eigenvalue weighted by Crippen LogP contribution is 2.11. The van der Waals surface area contributed by atoms with Crippen molar-refractivity contribution < 1.29 is 94.2 Å². The van der Waals surface area contributed by atoms with E-state index in [1.165, 1.54) is 11.8 Å². The second kappa shape index (κ2) is 30.7. The van der Waals surface area contributed by atoms with E-state index in [4.69, 9.17) is 43.7 Å². The van der Waals surface area contributed by atoms with Gasteiger partial charge in [-0.05, 0) is 6.92 Å². The number of aliphatic carboxylic acids is 1. The molecule has 1 unspecified atom stereocenters. The van der Waals surface area contributed by atoms with Gasteiger partial charge in [0.05, 0.1) is 105 Å². The number of carbonyl (C=O) groups excluding carboxylic acids is 1. The lowest BCUT2D eigenvalue weighted by Crippen LogP contribution is -2.53. The summed E-state index contributed by atoms with van der Waals surface area (Å²) in [5.41, 5.74) is 0. The second-order valence-corrected chi connectivity index (χ2v) is 11.4. The van der Waals surface area contributed by atoms with Gasteiger partial charge in [0.25, 0.3) is 0 Å². The fourth-order valence-electron chi connectivity index (χ4n) is 4.06. The predicted octanol–water partition coefficient (Wildman–Crippen LogP) is -6.76. The van der Waals surface area contributed by atoms with Crippen molar-refractivity contribution in [2.24, 2.45) is 0 Å². The van der Waals surface area contributed by atoms with Crippen LogP contribution in [0.3, 0.4) is 0 Å². The third kappa shape index (κ3) is 24.2. The SMILES string of the molecule is CC(NC(=O)CCOCCOCCOCCOCCOCCOCCN(C[C@H](O)[C@@H](O)[C@H](O)[C@H](O)CO)C[C@H](O)[C@@H](O)[C@H](O)[C@H](O)CO)C(=O)O. The van der Waals surface area contributed by atoms with E-state index in [1.54, 1.807) is 0 Å². The van der Waals surface area contributed by atoms with Gasteiger partial charge in [0, 0.05) is 26.1 Å². The molecule has 0 rings (SSSR count). The number of ether oxygens (including phenoxy) is 6. The first-order valence-corrected chi connectivity index (χ1v) is 16.6. The minimum absolute atomic E-state index is 0.0177. The zero-order valence-electron chi connectivity index (χ0n) is 29.1. The van der Waals surface area contributed by atoms with Gasteiger partial charge >= 0.3 is 5.97 Å². The normalized spacial score (nSPS) is 17.3. The van der Waals surface area contributed by atoms with Crippen LogP contribution in [-0.2, 0) is 38.0 Å². The largest absolute Gasteiger partial charge is 0.480 e. The Balaban J connectivity index is 4.09. The van der Waals surface area contributed by atoms with Gasteiger partial charge < -0.3 is 89.9 Å². The lowest BCUT2D eigenvalue weighted by Gasteiger charge is -2.33. The van der Waals surface area contributed by atoms with Gasteiger partial charge in [-0.3, -0.25) is 14.5 Å². The van der Waals surface area contributed by atoms with Crippen LogP contribution in [0, 0.1) is 0 Å². The molecule has 1 amide bonds. The topological polar surface area (TPSA) is 327 Å². The monoisotopic (exact) mass is 752 g/mol. The van der Waals surface area contributed by atoms with Gasteiger partial charge in [0.2, 0.25) is 5.91 Å². The minimum Gasteiger partial charge on any atom is -0.480 e. The van der Waals surface area contributed by atoms with Gasteiger partial charge in [0.1, 0.15) is 42.7 Å². The maximum Gasteiger partial charge on any atom is 0.325 e. The highest BCUT2D eigenvalue weighted by atomic mass is 16.6. The van der Waals surface area contributed by atoms with E-state index in [1.807, 2.05) is 0 Å². The van der Waals surface area contributed by atoms with Crippen LogP contribution >= 0.6 is 0 Å².